The summed E-state index contributed by atoms with van der Waals surface area (Å²) in [4.78, 5) is 28.7. The van der Waals surface area contributed by atoms with Crippen LogP contribution in [-0.4, -0.2) is 57.3 Å². The number of likely N-dealkylation sites (N-methyl/N-ethyl adjacent to an activating group) is 1. The fourth-order valence-corrected chi connectivity index (χ4v) is 5.81. The minimum atomic E-state index is -3.87. The van der Waals surface area contributed by atoms with Gasteiger partial charge in [0.2, 0.25) is 28.6 Å². The summed E-state index contributed by atoms with van der Waals surface area (Å²) in [6, 6.07) is 20.7. The summed E-state index contributed by atoms with van der Waals surface area (Å²) in [5, 5.41) is 2.67. The van der Waals surface area contributed by atoms with Crippen LogP contribution < -0.4 is 19.1 Å². The van der Waals surface area contributed by atoms with E-state index in [-0.39, 0.29) is 37.1 Å². The van der Waals surface area contributed by atoms with Gasteiger partial charge in [-0.2, -0.15) is 0 Å². The van der Waals surface area contributed by atoms with Gasteiger partial charge in [0, 0.05) is 30.6 Å². The van der Waals surface area contributed by atoms with E-state index in [0.717, 1.165) is 19.9 Å². The predicted octanol–water partition coefficient (Wildman–Crippen LogP) is 3.72. The van der Waals surface area contributed by atoms with Gasteiger partial charge < -0.3 is 19.7 Å². The Balaban J connectivity index is 1.73. The van der Waals surface area contributed by atoms with E-state index in [4.69, 9.17) is 9.47 Å². The second-order valence-corrected chi connectivity index (χ2v) is 12.0. The van der Waals surface area contributed by atoms with E-state index in [1.165, 1.54) is 18.9 Å². The molecule has 11 heteroatoms. The fourth-order valence-electron chi connectivity index (χ4n) is 4.31. The third-order valence-electron chi connectivity index (χ3n) is 6.38. The summed E-state index contributed by atoms with van der Waals surface area (Å²) in [6.45, 7) is 1.16. The topological polar surface area (TPSA) is 105 Å². The smallest absolute Gasteiger partial charge is 0.244 e. The number of amides is 2. The Morgan fingerprint density at radius 3 is 2.38 bits per heavy atom. The summed E-state index contributed by atoms with van der Waals surface area (Å²) >= 11 is 3.46. The zero-order chi connectivity index (χ0) is 28.0. The fraction of sp³-hybridized carbons (Fsp3) is 0.286. The monoisotopic (exact) mass is 615 g/mol. The van der Waals surface area contributed by atoms with Gasteiger partial charge >= 0.3 is 0 Å². The van der Waals surface area contributed by atoms with Crippen molar-refractivity contribution >= 4 is 43.5 Å². The highest BCUT2D eigenvalue weighted by Gasteiger charge is 2.33. The summed E-state index contributed by atoms with van der Waals surface area (Å²) < 4.78 is 39.1. The lowest BCUT2D eigenvalue weighted by Crippen LogP contribution is -2.53. The van der Waals surface area contributed by atoms with Crippen LogP contribution in [-0.2, 0) is 32.6 Å². The molecule has 0 aliphatic carbocycles. The van der Waals surface area contributed by atoms with Crippen molar-refractivity contribution in [3.63, 3.8) is 0 Å². The Labute approximate surface area is 236 Å². The molecule has 1 heterocycles. The van der Waals surface area contributed by atoms with E-state index in [9.17, 15) is 18.0 Å². The molecule has 0 spiro atoms. The van der Waals surface area contributed by atoms with E-state index in [2.05, 4.69) is 21.2 Å². The molecular formula is C28H30BrN3O6S. The molecule has 0 saturated heterocycles. The minimum absolute atomic E-state index is 0.0337. The molecule has 3 aromatic rings. The quantitative estimate of drug-likeness (QED) is 0.352. The number of fused-ring (bicyclic) bond motifs is 1. The molecule has 9 nitrogen and oxygen atoms in total. The van der Waals surface area contributed by atoms with Crippen molar-refractivity contribution < 1.29 is 27.5 Å². The van der Waals surface area contributed by atoms with Crippen LogP contribution in [0.15, 0.2) is 77.3 Å². The normalized spacial score (nSPS) is 13.0. The Morgan fingerprint density at radius 2 is 1.69 bits per heavy atom. The van der Waals surface area contributed by atoms with Gasteiger partial charge in [0.15, 0.2) is 11.5 Å². The number of ether oxygens (including phenoxy) is 2. The number of halogens is 1. The van der Waals surface area contributed by atoms with Gasteiger partial charge in [-0.05, 0) is 42.3 Å². The van der Waals surface area contributed by atoms with E-state index in [1.54, 1.807) is 18.2 Å². The van der Waals surface area contributed by atoms with E-state index in [0.29, 0.717) is 11.5 Å². The number of nitrogens with one attached hydrogen (secondary N) is 1. The molecule has 1 N–H and O–H groups in total. The second kappa shape index (κ2) is 12.5. The lowest BCUT2D eigenvalue weighted by atomic mass is 10.0. The van der Waals surface area contributed by atoms with Crippen molar-refractivity contribution in [2.45, 2.75) is 25.9 Å². The average Bonchev–Trinajstić information content (AvgIpc) is 3.41. The van der Waals surface area contributed by atoms with Crippen LogP contribution in [0.3, 0.4) is 0 Å². The summed E-state index contributed by atoms with van der Waals surface area (Å²) in [7, 11) is -2.35. The van der Waals surface area contributed by atoms with E-state index < -0.39 is 28.5 Å². The molecule has 1 aliphatic heterocycles. The Morgan fingerprint density at radius 1 is 0.974 bits per heavy atom. The van der Waals surface area contributed by atoms with Crippen LogP contribution in [0.1, 0.15) is 18.1 Å². The molecular weight excluding hydrogens is 586 g/mol. The number of carbonyl (C=O) groups excluding carboxylic acids is 2. The van der Waals surface area contributed by atoms with Gasteiger partial charge in [0.25, 0.3) is 0 Å². The maximum absolute atomic E-state index is 14.0. The first kappa shape index (κ1) is 28.4. The van der Waals surface area contributed by atoms with Crippen LogP contribution in [0.2, 0.25) is 0 Å². The largest absolute Gasteiger partial charge is 0.454 e. The molecule has 2 amide bonds. The molecule has 0 fully saturated rings. The Kier molecular flexibility index (Phi) is 9.13. The van der Waals surface area contributed by atoms with Gasteiger partial charge in [0.1, 0.15) is 12.6 Å². The van der Waals surface area contributed by atoms with E-state index >= 15 is 0 Å². The summed E-state index contributed by atoms with van der Waals surface area (Å²) in [5.41, 5.74) is 1.93. The summed E-state index contributed by atoms with van der Waals surface area (Å²) in [5.74, 6) is -0.194. The Bertz CT molecular complexity index is 1430. The molecule has 0 bridgehead atoms. The molecule has 1 aliphatic rings. The standard InChI is InChI=1S/C28H30BrN3O6S/c1-3-39(35,36)32(23-12-13-25-26(16-23)38-19-37-25)18-27(33)31(17-21-10-7-11-22(29)14-21)24(28(34)30-2)15-20-8-5-4-6-9-20/h4-14,16,24H,3,15,17-19H2,1-2H3,(H,30,34). The number of hydrogen-bond acceptors (Lipinski definition) is 6. The van der Waals surface area contributed by atoms with Gasteiger partial charge in [-0.15, -0.1) is 0 Å². The third kappa shape index (κ3) is 6.90. The van der Waals surface area contributed by atoms with Crippen molar-refractivity contribution in [3.8, 4) is 11.5 Å². The lowest BCUT2D eigenvalue weighted by molar-refractivity contribution is -0.139. The molecule has 3 aromatic carbocycles. The SMILES string of the molecule is CCS(=O)(=O)N(CC(=O)N(Cc1cccc(Br)c1)C(Cc1ccccc1)C(=O)NC)c1ccc2c(c1)OCO2. The molecule has 0 saturated carbocycles. The highest BCUT2D eigenvalue weighted by Crippen LogP contribution is 2.36. The Hall–Kier alpha value is -3.57. The predicted molar refractivity (Wildman–Crippen MR) is 152 cm³/mol. The first-order valence-corrected chi connectivity index (χ1v) is 14.8. The van der Waals surface area contributed by atoms with Gasteiger partial charge in [-0.1, -0.05) is 58.4 Å². The van der Waals surface area contributed by atoms with Crippen molar-refractivity contribution in [3.05, 3.63) is 88.4 Å². The number of hydrogen-bond donors (Lipinski definition) is 1. The zero-order valence-electron chi connectivity index (χ0n) is 21.7. The highest BCUT2D eigenvalue weighted by atomic mass is 79.9. The molecule has 39 heavy (non-hydrogen) atoms. The number of rotatable bonds is 11. The highest BCUT2D eigenvalue weighted by molar-refractivity contribution is 9.10. The minimum Gasteiger partial charge on any atom is -0.454 e. The van der Waals surface area contributed by atoms with Gasteiger partial charge in [0.05, 0.1) is 11.4 Å². The maximum Gasteiger partial charge on any atom is 0.244 e. The van der Waals surface area contributed by atoms with Crippen molar-refractivity contribution in [2.24, 2.45) is 0 Å². The first-order chi connectivity index (χ1) is 18.7. The van der Waals surface area contributed by atoms with Crippen LogP contribution in [0, 0.1) is 0 Å². The van der Waals surface area contributed by atoms with Crippen molar-refractivity contribution in [1.29, 1.82) is 0 Å². The molecule has 0 aromatic heterocycles. The number of carbonyl (C=O) groups is 2. The molecule has 1 unspecified atom stereocenters. The van der Waals surface area contributed by atoms with Crippen molar-refractivity contribution in [2.75, 3.05) is 30.4 Å². The summed E-state index contributed by atoms with van der Waals surface area (Å²) in [6.07, 6.45) is 0.255. The van der Waals surface area contributed by atoms with Crippen LogP contribution in [0.5, 0.6) is 11.5 Å². The maximum atomic E-state index is 14.0. The van der Waals surface area contributed by atoms with Crippen LogP contribution in [0.4, 0.5) is 5.69 Å². The third-order valence-corrected chi connectivity index (χ3v) is 8.62. The van der Waals surface area contributed by atoms with Gasteiger partial charge in [-0.25, -0.2) is 8.42 Å². The second-order valence-electron chi connectivity index (χ2n) is 8.92. The van der Waals surface area contributed by atoms with Crippen molar-refractivity contribution in [1.82, 2.24) is 10.2 Å². The zero-order valence-corrected chi connectivity index (χ0v) is 24.1. The molecule has 4 rings (SSSR count). The number of nitrogens with zero attached hydrogens (tertiary/aromatic N) is 2. The van der Waals surface area contributed by atoms with Gasteiger partial charge in [-0.3, -0.25) is 13.9 Å². The molecule has 0 radical (unpaired) electrons. The number of anilines is 1. The molecule has 206 valence electrons. The molecule has 1 atom stereocenters. The lowest BCUT2D eigenvalue weighted by Gasteiger charge is -2.33. The van der Waals surface area contributed by atoms with Crippen LogP contribution >= 0.6 is 15.9 Å². The number of benzene rings is 3. The van der Waals surface area contributed by atoms with Crippen LogP contribution in [0.25, 0.3) is 0 Å². The number of sulfonamides is 1. The first-order valence-electron chi connectivity index (χ1n) is 12.4. The van der Waals surface area contributed by atoms with E-state index in [1.807, 2.05) is 54.6 Å². The average molecular weight is 617 g/mol.